The minimum absolute atomic E-state index is 0.307. The molecule has 2 heterocycles. The number of sulfone groups is 1. The zero-order valence-corrected chi connectivity index (χ0v) is 10.8. The van der Waals surface area contributed by atoms with Crippen molar-refractivity contribution >= 4 is 9.84 Å². The standard InChI is InChI=1S/C11H18N2O3S/c1-12-7-10-8-16-11(13-10)6-9-2-4-17(14,15)5-3-9/h8-9,12H,2-7H2,1H3. The fourth-order valence-corrected chi connectivity index (χ4v) is 3.68. The van der Waals surface area contributed by atoms with E-state index in [9.17, 15) is 8.42 Å². The van der Waals surface area contributed by atoms with Crippen LogP contribution in [0.1, 0.15) is 24.4 Å². The van der Waals surface area contributed by atoms with Gasteiger partial charge in [-0.1, -0.05) is 0 Å². The molecule has 1 aromatic heterocycles. The number of hydrogen-bond acceptors (Lipinski definition) is 5. The van der Waals surface area contributed by atoms with Gasteiger partial charge in [-0.3, -0.25) is 0 Å². The van der Waals surface area contributed by atoms with E-state index in [2.05, 4.69) is 10.3 Å². The molecule has 1 aromatic rings. The van der Waals surface area contributed by atoms with E-state index in [1.165, 1.54) is 0 Å². The van der Waals surface area contributed by atoms with Gasteiger partial charge in [-0.25, -0.2) is 13.4 Å². The van der Waals surface area contributed by atoms with Gasteiger partial charge in [-0.2, -0.15) is 0 Å². The van der Waals surface area contributed by atoms with Crippen LogP contribution in [-0.2, 0) is 22.8 Å². The minimum Gasteiger partial charge on any atom is -0.449 e. The lowest BCUT2D eigenvalue weighted by Gasteiger charge is -2.20. The van der Waals surface area contributed by atoms with Gasteiger partial charge < -0.3 is 9.73 Å². The molecule has 5 nitrogen and oxygen atoms in total. The van der Waals surface area contributed by atoms with Crippen molar-refractivity contribution in [2.45, 2.75) is 25.8 Å². The van der Waals surface area contributed by atoms with E-state index in [1.54, 1.807) is 6.26 Å². The quantitative estimate of drug-likeness (QED) is 0.863. The molecule has 6 heteroatoms. The van der Waals surface area contributed by atoms with Crippen molar-refractivity contribution in [2.75, 3.05) is 18.6 Å². The summed E-state index contributed by atoms with van der Waals surface area (Å²) in [7, 11) is -0.911. The number of hydrogen-bond donors (Lipinski definition) is 1. The summed E-state index contributed by atoms with van der Waals surface area (Å²) in [4.78, 5) is 4.35. The molecule has 96 valence electrons. The third-order valence-corrected chi connectivity index (χ3v) is 4.81. The molecule has 0 spiro atoms. The lowest BCUT2D eigenvalue weighted by atomic mass is 9.99. The maximum Gasteiger partial charge on any atom is 0.194 e. The van der Waals surface area contributed by atoms with Crippen LogP contribution in [0.3, 0.4) is 0 Å². The molecule has 0 aromatic carbocycles. The van der Waals surface area contributed by atoms with Crippen LogP contribution in [0.2, 0.25) is 0 Å². The molecule has 1 N–H and O–H groups in total. The molecule has 1 aliphatic heterocycles. The Morgan fingerprint density at radius 3 is 2.82 bits per heavy atom. The molecule has 0 saturated carbocycles. The number of nitrogens with one attached hydrogen (secondary N) is 1. The molecule has 2 rings (SSSR count). The highest BCUT2D eigenvalue weighted by molar-refractivity contribution is 7.91. The fourth-order valence-electron chi connectivity index (χ4n) is 2.09. The van der Waals surface area contributed by atoms with Crippen molar-refractivity contribution in [1.82, 2.24) is 10.3 Å². The van der Waals surface area contributed by atoms with Crippen LogP contribution in [0.4, 0.5) is 0 Å². The van der Waals surface area contributed by atoms with Crippen LogP contribution in [0.15, 0.2) is 10.7 Å². The second kappa shape index (κ2) is 5.18. The Morgan fingerprint density at radius 1 is 1.47 bits per heavy atom. The first kappa shape index (κ1) is 12.6. The van der Waals surface area contributed by atoms with Crippen molar-refractivity contribution in [3.63, 3.8) is 0 Å². The molecule has 1 saturated heterocycles. The zero-order chi connectivity index (χ0) is 12.3. The number of aromatic nitrogens is 1. The van der Waals surface area contributed by atoms with E-state index >= 15 is 0 Å². The zero-order valence-electron chi connectivity index (χ0n) is 9.98. The third kappa shape index (κ3) is 3.54. The Hall–Kier alpha value is -0.880. The molecular formula is C11H18N2O3S. The second-order valence-corrected chi connectivity index (χ2v) is 6.87. The largest absolute Gasteiger partial charge is 0.449 e. The minimum atomic E-state index is -2.77. The molecule has 0 radical (unpaired) electrons. The first-order chi connectivity index (χ1) is 8.09. The van der Waals surface area contributed by atoms with Crippen molar-refractivity contribution in [3.05, 3.63) is 17.8 Å². The summed E-state index contributed by atoms with van der Waals surface area (Å²) in [5.74, 6) is 1.72. The molecule has 1 fully saturated rings. The molecule has 17 heavy (non-hydrogen) atoms. The van der Waals surface area contributed by atoms with Gasteiger partial charge in [-0.05, 0) is 25.8 Å². The van der Waals surface area contributed by atoms with Crippen LogP contribution in [-0.4, -0.2) is 32.0 Å². The third-order valence-electron chi connectivity index (χ3n) is 3.09. The Labute approximate surface area is 102 Å². The smallest absolute Gasteiger partial charge is 0.194 e. The molecule has 0 atom stereocenters. The van der Waals surface area contributed by atoms with Crippen molar-refractivity contribution in [1.29, 1.82) is 0 Å². The van der Waals surface area contributed by atoms with Crippen LogP contribution < -0.4 is 5.32 Å². The molecule has 1 aliphatic rings. The Kier molecular flexibility index (Phi) is 3.83. The number of oxazole rings is 1. The predicted molar refractivity (Wildman–Crippen MR) is 64.3 cm³/mol. The lowest BCUT2D eigenvalue weighted by Crippen LogP contribution is -2.24. The summed E-state index contributed by atoms with van der Waals surface area (Å²) in [6.07, 6.45) is 3.86. The molecule has 0 aliphatic carbocycles. The fraction of sp³-hybridized carbons (Fsp3) is 0.727. The van der Waals surface area contributed by atoms with Gasteiger partial charge in [-0.15, -0.1) is 0 Å². The van der Waals surface area contributed by atoms with Gasteiger partial charge in [0.1, 0.15) is 16.1 Å². The predicted octanol–water partition coefficient (Wildman–Crippen LogP) is 0.761. The molecule has 0 unspecified atom stereocenters. The monoisotopic (exact) mass is 258 g/mol. The highest BCUT2D eigenvalue weighted by Gasteiger charge is 2.24. The van der Waals surface area contributed by atoms with Gasteiger partial charge in [0.2, 0.25) is 0 Å². The second-order valence-electron chi connectivity index (χ2n) is 4.56. The normalized spacial score (nSPS) is 20.5. The summed E-state index contributed by atoms with van der Waals surface area (Å²) in [5, 5.41) is 3.01. The van der Waals surface area contributed by atoms with E-state index in [0.717, 1.165) is 30.8 Å². The highest BCUT2D eigenvalue weighted by Crippen LogP contribution is 2.22. The average molecular weight is 258 g/mol. The van der Waals surface area contributed by atoms with Gasteiger partial charge in [0.25, 0.3) is 0 Å². The van der Waals surface area contributed by atoms with Gasteiger partial charge in [0, 0.05) is 13.0 Å². The van der Waals surface area contributed by atoms with Crippen molar-refractivity contribution < 1.29 is 12.8 Å². The summed E-state index contributed by atoms with van der Waals surface area (Å²) in [6, 6.07) is 0. The molecular weight excluding hydrogens is 240 g/mol. The summed E-state index contributed by atoms with van der Waals surface area (Å²) in [5.41, 5.74) is 0.894. The van der Waals surface area contributed by atoms with Crippen LogP contribution in [0, 0.1) is 5.92 Å². The summed E-state index contributed by atoms with van der Waals surface area (Å²) in [6.45, 7) is 0.697. The van der Waals surface area contributed by atoms with Crippen molar-refractivity contribution in [3.8, 4) is 0 Å². The van der Waals surface area contributed by atoms with Crippen LogP contribution in [0.25, 0.3) is 0 Å². The average Bonchev–Trinajstić information content (AvgIpc) is 2.70. The molecule has 0 amide bonds. The SMILES string of the molecule is CNCc1coc(CC2CCS(=O)(=O)CC2)n1. The highest BCUT2D eigenvalue weighted by atomic mass is 32.2. The maximum atomic E-state index is 11.3. The van der Waals surface area contributed by atoms with E-state index in [4.69, 9.17) is 4.42 Å². The number of nitrogens with zero attached hydrogens (tertiary/aromatic N) is 1. The van der Waals surface area contributed by atoms with Gasteiger partial charge in [0.15, 0.2) is 5.89 Å². The van der Waals surface area contributed by atoms with Crippen molar-refractivity contribution in [2.24, 2.45) is 5.92 Å². The Morgan fingerprint density at radius 2 is 2.18 bits per heavy atom. The van der Waals surface area contributed by atoms with E-state index in [0.29, 0.717) is 24.0 Å². The first-order valence-corrected chi connectivity index (χ1v) is 7.69. The van der Waals surface area contributed by atoms with Gasteiger partial charge in [0.05, 0.1) is 17.2 Å². The Balaban J connectivity index is 1.88. The van der Waals surface area contributed by atoms with E-state index in [-0.39, 0.29) is 0 Å². The van der Waals surface area contributed by atoms with E-state index < -0.39 is 9.84 Å². The van der Waals surface area contributed by atoms with Gasteiger partial charge >= 0.3 is 0 Å². The van der Waals surface area contributed by atoms with E-state index in [1.807, 2.05) is 7.05 Å². The number of rotatable bonds is 4. The van der Waals surface area contributed by atoms with Crippen LogP contribution in [0.5, 0.6) is 0 Å². The van der Waals surface area contributed by atoms with Crippen LogP contribution >= 0.6 is 0 Å². The Bertz CT molecular complexity index is 453. The first-order valence-electron chi connectivity index (χ1n) is 5.87. The molecule has 0 bridgehead atoms. The summed E-state index contributed by atoms with van der Waals surface area (Å²) < 4.78 is 28.0. The summed E-state index contributed by atoms with van der Waals surface area (Å²) >= 11 is 0. The maximum absolute atomic E-state index is 11.3. The lowest BCUT2D eigenvalue weighted by molar-refractivity contribution is 0.399. The topological polar surface area (TPSA) is 72.2 Å².